The van der Waals surface area contributed by atoms with E-state index < -0.39 is 0 Å². The number of aliphatic imine (C=N–C) groups is 2. The van der Waals surface area contributed by atoms with Crippen molar-refractivity contribution in [1.82, 2.24) is 9.13 Å². The van der Waals surface area contributed by atoms with Gasteiger partial charge in [-0.25, -0.2) is 4.99 Å². The van der Waals surface area contributed by atoms with Crippen LogP contribution in [0.3, 0.4) is 0 Å². The molecule has 0 amide bonds. The Kier molecular flexibility index (Phi) is 8.29. The molecule has 2 atom stereocenters. The largest absolute Gasteiger partial charge is 0.309 e. The molecule has 0 fully saturated rings. The van der Waals surface area contributed by atoms with E-state index in [-0.39, 0.29) is 12.0 Å². The van der Waals surface area contributed by atoms with Gasteiger partial charge in [0.25, 0.3) is 0 Å². The zero-order valence-corrected chi connectivity index (χ0v) is 35.4. The summed E-state index contributed by atoms with van der Waals surface area (Å²) in [5.74, 6) is 0.837. The smallest absolute Gasteiger partial charge is 0.155 e. The van der Waals surface area contributed by atoms with Gasteiger partial charge in [-0.1, -0.05) is 165 Å². The van der Waals surface area contributed by atoms with Crippen molar-refractivity contribution in [3.8, 4) is 11.4 Å². The zero-order chi connectivity index (χ0) is 42.3. The Bertz CT molecular complexity index is 3890. The SMILES string of the molecule is CCC1C(c2cc(-n3c4ccccc4c4cc5c6c7ccccc7ccc6n(-c6ccccc6)c5cc43)c3ccccc3c2)=NC(c2ccc3ccccc3c2)=NC1c1ccccc1. The first kappa shape index (κ1) is 36.6. The summed E-state index contributed by atoms with van der Waals surface area (Å²) in [4.78, 5) is 11.1. The number of hydrogen-bond acceptors (Lipinski definition) is 2. The highest BCUT2D eigenvalue weighted by atomic mass is 15.0. The van der Waals surface area contributed by atoms with Gasteiger partial charge >= 0.3 is 0 Å². The van der Waals surface area contributed by atoms with Gasteiger partial charge < -0.3 is 9.13 Å². The minimum atomic E-state index is -0.0902. The first-order valence-corrected chi connectivity index (χ1v) is 22.4. The highest BCUT2D eigenvalue weighted by molar-refractivity contribution is 6.26. The Hall–Kier alpha value is -8.08. The summed E-state index contributed by atoms with van der Waals surface area (Å²) >= 11 is 0. The molecule has 302 valence electrons. The van der Waals surface area contributed by atoms with Gasteiger partial charge in [0.15, 0.2) is 5.84 Å². The summed E-state index contributed by atoms with van der Waals surface area (Å²) in [5.41, 5.74) is 11.4. The summed E-state index contributed by atoms with van der Waals surface area (Å²) in [6.45, 7) is 2.28. The molecule has 2 unspecified atom stereocenters. The predicted molar refractivity (Wildman–Crippen MR) is 270 cm³/mol. The minimum Gasteiger partial charge on any atom is -0.309 e. The molecule has 1 aliphatic heterocycles. The molecule has 3 heterocycles. The molecule has 0 N–H and O–H groups in total. The van der Waals surface area contributed by atoms with Crippen molar-refractivity contribution in [3.05, 3.63) is 229 Å². The average molecular weight is 819 g/mol. The topological polar surface area (TPSA) is 34.6 Å². The van der Waals surface area contributed by atoms with E-state index in [0.717, 1.165) is 40.5 Å². The van der Waals surface area contributed by atoms with E-state index in [2.05, 4.69) is 228 Å². The number of rotatable bonds is 6. The van der Waals surface area contributed by atoms with Crippen molar-refractivity contribution in [2.24, 2.45) is 15.9 Å². The van der Waals surface area contributed by atoms with Gasteiger partial charge in [0, 0.05) is 44.1 Å². The molecule has 4 nitrogen and oxygen atoms in total. The molecule has 0 saturated heterocycles. The molecule has 0 radical (unpaired) electrons. The van der Waals surface area contributed by atoms with Crippen LogP contribution in [0.1, 0.15) is 36.1 Å². The predicted octanol–water partition coefficient (Wildman–Crippen LogP) is 15.4. The van der Waals surface area contributed by atoms with Gasteiger partial charge in [0.1, 0.15) is 0 Å². The normalized spacial score (nSPS) is 15.5. The van der Waals surface area contributed by atoms with Crippen LogP contribution in [0, 0.1) is 5.92 Å². The molecule has 0 saturated carbocycles. The summed E-state index contributed by atoms with van der Waals surface area (Å²) in [7, 11) is 0. The van der Waals surface area contributed by atoms with Crippen LogP contribution in [-0.4, -0.2) is 20.7 Å². The van der Waals surface area contributed by atoms with Crippen molar-refractivity contribution in [2.45, 2.75) is 19.4 Å². The Balaban J connectivity index is 1.10. The van der Waals surface area contributed by atoms with Crippen molar-refractivity contribution in [1.29, 1.82) is 0 Å². The van der Waals surface area contributed by atoms with Crippen molar-refractivity contribution >= 4 is 87.5 Å². The van der Waals surface area contributed by atoms with Crippen LogP contribution in [0.15, 0.2) is 222 Å². The summed E-state index contributed by atoms with van der Waals surface area (Å²) < 4.78 is 4.96. The third-order valence-electron chi connectivity index (χ3n) is 13.6. The van der Waals surface area contributed by atoms with E-state index in [1.54, 1.807) is 0 Å². The maximum atomic E-state index is 5.60. The van der Waals surface area contributed by atoms with Gasteiger partial charge in [-0.15, -0.1) is 0 Å². The maximum Gasteiger partial charge on any atom is 0.155 e. The van der Waals surface area contributed by atoms with Crippen LogP contribution in [0.5, 0.6) is 0 Å². The number of hydrogen-bond donors (Lipinski definition) is 0. The molecular formula is C60H42N4. The molecule has 4 heteroatoms. The summed E-state index contributed by atoms with van der Waals surface area (Å²) in [6, 6.07) is 77.4. The highest BCUT2D eigenvalue weighted by Crippen LogP contribution is 2.44. The van der Waals surface area contributed by atoms with Crippen LogP contribution in [-0.2, 0) is 0 Å². The van der Waals surface area contributed by atoms with E-state index in [0.29, 0.717) is 0 Å². The summed E-state index contributed by atoms with van der Waals surface area (Å²) in [5, 5.41) is 12.2. The van der Waals surface area contributed by atoms with Crippen molar-refractivity contribution in [3.63, 3.8) is 0 Å². The third-order valence-corrected chi connectivity index (χ3v) is 13.6. The molecule has 13 rings (SSSR count). The zero-order valence-electron chi connectivity index (χ0n) is 35.4. The van der Waals surface area contributed by atoms with Gasteiger partial charge in [-0.2, -0.15) is 0 Å². The molecule has 0 aliphatic carbocycles. The fourth-order valence-electron chi connectivity index (χ4n) is 10.7. The Labute approximate surface area is 370 Å². The fraction of sp³-hybridized carbons (Fsp3) is 0.0667. The lowest BCUT2D eigenvalue weighted by molar-refractivity contribution is 0.532. The van der Waals surface area contributed by atoms with E-state index in [9.17, 15) is 0 Å². The van der Waals surface area contributed by atoms with Gasteiger partial charge in [0.05, 0.1) is 39.5 Å². The van der Waals surface area contributed by atoms with Crippen LogP contribution < -0.4 is 0 Å². The monoisotopic (exact) mass is 818 g/mol. The lowest BCUT2D eigenvalue weighted by Crippen LogP contribution is -2.28. The Morgan fingerprint density at radius 3 is 1.88 bits per heavy atom. The van der Waals surface area contributed by atoms with Crippen LogP contribution in [0.25, 0.3) is 87.3 Å². The number of amidine groups is 1. The third kappa shape index (κ3) is 5.62. The quantitative estimate of drug-likeness (QED) is 0.160. The van der Waals surface area contributed by atoms with Crippen LogP contribution in [0.2, 0.25) is 0 Å². The second-order valence-corrected chi connectivity index (χ2v) is 17.2. The standard InChI is InChI=1S/C60H42N4/c1-2-46-58(40-19-5-3-6-20-40)61-60(43-30-29-38-17-9-10-21-41(38)33-43)62-59(46)44-34-42-22-12-13-25-47(42)54(35-44)64-52-28-16-15-27-49(52)50-36-51-56(37-55(50)64)63(45-23-7-4-8-24-45)53-32-31-39-18-11-14-26-48(39)57(51)53/h3-37,46,58H,2H2,1H3. The minimum absolute atomic E-state index is 0.0646. The second kappa shape index (κ2) is 14.5. The van der Waals surface area contributed by atoms with Crippen LogP contribution >= 0.6 is 0 Å². The molecule has 64 heavy (non-hydrogen) atoms. The van der Waals surface area contributed by atoms with E-state index in [1.807, 2.05) is 0 Å². The molecule has 1 aliphatic rings. The lowest BCUT2D eigenvalue weighted by atomic mass is 9.82. The number of aromatic nitrogens is 2. The Morgan fingerprint density at radius 1 is 0.422 bits per heavy atom. The van der Waals surface area contributed by atoms with Gasteiger partial charge in [-0.3, -0.25) is 4.99 Å². The molecule has 10 aromatic carbocycles. The second-order valence-electron chi connectivity index (χ2n) is 17.2. The Morgan fingerprint density at radius 2 is 1.06 bits per heavy atom. The lowest BCUT2D eigenvalue weighted by Gasteiger charge is -2.30. The fourth-order valence-corrected chi connectivity index (χ4v) is 10.7. The molecule has 2 aromatic heterocycles. The van der Waals surface area contributed by atoms with Gasteiger partial charge in [0.2, 0.25) is 0 Å². The number of benzene rings is 10. The molecule has 0 spiro atoms. The average Bonchev–Trinajstić information content (AvgIpc) is 3.87. The van der Waals surface area contributed by atoms with E-state index >= 15 is 0 Å². The molecule has 0 bridgehead atoms. The van der Waals surface area contributed by atoms with Crippen molar-refractivity contribution < 1.29 is 0 Å². The number of para-hydroxylation sites is 2. The first-order chi connectivity index (χ1) is 31.7. The van der Waals surface area contributed by atoms with E-state index in [4.69, 9.17) is 9.98 Å². The highest BCUT2D eigenvalue weighted by Gasteiger charge is 2.32. The molecule has 12 aromatic rings. The van der Waals surface area contributed by atoms with Crippen molar-refractivity contribution in [2.75, 3.05) is 0 Å². The number of fused-ring (bicyclic) bond motifs is 10. The number of nitrogens with zero attached hydrogens (tertiary/aromatic N) is 4. The van der Waals surface area contributed by atoms with E-state index in [1.165, 1.54) is 81.5 Å². The first-order valence-electron chi connectivity index (χ1n) is 22.4. The molecular weight excluding hydrogens is 777 g/mol. The summed E-state index contributed by atoms with van der Waals surface area (Å²) in [6.07, 6.45) is 0.890. The van der Waals surface area contributed by atoms with Crippen LogP contribution in [0.4, 0.5) is 0 Å². The van der Waals surface area contributed by atoms with Gasteiger partial charge in [-0.05, 0) is 99.1 Å². The maximum absolute atomic E-state index is 5.60.